The van der Waals surface area contributed by atoms with E-state index in [0.29, 0.717) is 11.6 Å². The van der Waals surface area contributed by atoms with Gasteiger partial charge in [0.25, 0.3) is 0 Å². The lowest BCUT2D eigenvalue weighted by Crippen LogP contribution is -2.43. The van der Waals surface area contributed by atoms with Gasteiger partial charge < -0.3 is 15.2 Å². The van der Waals surface area contributed by atoms with Gasteiger partial charge in [-0.25, -0.2) is 14.2 Å². The third-order valence-corrected chi connectivity index (χ3v) is 4.97. The molecule has 2 amide bonds. The van der Waals surface area contributed by atoms with E-state index in [1.807, 2.05) is 4.90 Å². The number of urea groups is 1. The average Bonchev–Trinajstić information content (AvgIpc) is 3.26. The first-order valence-electron chi connectivity index (χ1n) is 8.43. The van der Waals surface area contributed by atoms with Crippen LogP contribution in [0.2, 0.25) is 0 Å². The van der Waals surface area contributed by atoms with Crippen molar-refractivity contribution in [1.29, 1.82) is 0 Å². The minimum atomic E-state index is -0.282. The zero-order valence-electron chi connectivity index (χ0n) is 13.0. The number of fused-ring (bicyclic) bond motifs is 1. The SMILES string of the molecule is O=C(NC1CCCC1)N1CCCC1c1nc2ccc(F)cc2[nH]1. The van der Waals surface area contributed by atoms with Crippen LogP contribution in [0.25, 0.3) is 11.0 Å². The molecule has 1 aromatic heterocycles. The summed E-state index contributed by atoms with van der Waals surface area (Å²) in [4.78, 5) is 22.2. The molecule has 1 atom stereocenters. The first-order valence-corrected chi connectivity index (χ1v) is 8.43. The minimum Gasteiger partial charge on any atom is -0.340 e. The smallest absolute Gasteiger partial charge is 0.318 e. The number of carbonyl (C=O) groups is 1. The van der Waals surface area contributed by atoms with Gasteiger partial charge in [-0.3, -0.25) is 0 Å². The number of nitrogens with one attached hydrogen (secondary N) is 2. The molecule has 1 aliphatic carbocycles. The predicted octanol–water partition coefficient (Wildman–Crippen LogP) is 3.49. The molecule has 1 saturated carbocycles. The van der Waals surface area contributed by atoms with E-state index >= 15 is 0 Å². The fourth-order valence-corrected chi connectivity index (χ4v) is 3.78. The molecular formula is C17H21FN4O. The molecule has 0 bridgehead atoms. The summed E-state index contributed by atoms with van der Waals surface area (Å²) < 4.78 is 13.3. The molecule has 5 nitrogen and oxygen atoms in total. The van der Waals surface area contributed by atoms with E-state index in [1.165, 1.54) is 25.0 Å². The second-order valence-corrected chi connectivity index (χ2v) is 6.57. The summed E-state index contributed by atoms with van der Waals surface area (Å²) >= 11 is 0. The third kappa shape index (κ3) is 2.78. The highest BCUT2D eigenvalue weighted by atomic mass is 19.1. The minimum absolute atomic E-state index is 0.00559. The van der Waals surface area contributed by atoms with E-state index in [2.05, 4.69) is 15.3 Å². The summed E-state index contributed by atoms with van der Waals surface area (Å²) in [7, 11) is 0. The molecule has 2 aromatic rings. The predicted molar refractivity (Wildman–Crippen MR) is 85.5 cm³/mol. The highest BCUT2D eigenvalue weighted by molar-refractivity contribution is 5.77. The van der Waals surface area contributed by atoms with E-state index in [-0.39, 0.29) is 17.9 Å². The molecule has 2 aliphatic rings. The van der Waals surface area contributed by atoms with E-state index < -0.39 is 0 Å². The summed E-state index contributed by atoms with van der Waals surface area (Å²) in [6, 6.07) is 4.80. The van der Waals surface area contributed by atoms with Gasteiger partial charge >= 0.3 is 6.03 Å². The molecule has 122 valence electrons. The van der Waals surface area contributed by atoms with Gasteiger partial charge in [-0.2, -0.15) is 0 Å². The highest BCUT2D eigenvalue weighted by Gasteiger charge is 2.33. The van der Waals surface area contributed by atoms with Crippen molar-refractivity contribution >= 4 is 17.1 Å². The summed E-state index contributed by atoms with van der Waals surface area (Å²) in [5.41, 5.74) is 1.42. The standard InChI is InChI=1S/C17H21FN4O/c18-11-7-8-13-14(10-11)21-16(20-13)15-6-3-9-22(15)17(23)19-12-4-1-2-5-12/h7-8,10,12,15H,1-6,9H2,(H,19,23)(H,20,21). The van der Waals surface area contributed by atoms with Crippen molar-refractivity contribution in [2.45, 2.75) is 50.6 Å². The van der Waals surface area contributed by atoms with E-state index in [1.54, 1.807) is 6.07 Å². The van der Waals surface area contributed by atoms with Gasteiger partial charge in [-0.15, -0.1) is 0 Å². The van der Waals surface area contributed by atoms with Gasteiger partial charge in [0.15, 0.2) is 0 Å². The van der Waals surface area contributed by atoms with Crippen LogP contribution in [0.5, 0.6) is 0 Å². The lowest BCUT2D eigenvalue weighted by atomic mass is 10.2. The molecule has 2 fully saturated rings. The van der Waals surface area contributed by atoms with Gasteiger partial charge in [0.1, 0.15) is 11.6 Å². The van der Waals surface area contributed by atoms with Crippen LogP contribution in [-0.4, -0.2) is 33.5 Å². The Bertz CT molecular complexity index is 722. The molecule has 6 heteroatoms. The number of H-pyrrole nitrogens is 1. The summed E-state index contributed by atoms with van der Waals surface area (Å²) in [5, 5.41) is 3.15. The molecule has 0 spiro atoms. The van der Waals surface area contributed by atoms with Gasteiger partial charge in [0.2, 0.25) is 0 Å². The number of imidazole rings is 1. The van der Waals surface area contributed by atoms with Crippen LogP contribution in [0.4, 0.5) is 9.18 Å². The molecule has 4 rings (SSSR count). The molecule has 1 aliphatic heterocycles. The molecule has 2 N–H and O–H groups in total. The van der Waals surface area contributed by atoms with Crippen LogP contribution >= 0.6 is 0 Å². The van der Waals surface area contributed by atoms with Gasteiger partial charge in [-0.1, -0.05) is 12.8 Å². The highest BCUT2D eigenvalue weighted by Crippen LogP contribution is 2.32. The van der Waals surface area contributed by atoms with Crippen molar-refractivity contribution in [2.75, 3.05) is 6.54 Å². The normalized spacial score (nSPS) is 22.1. The first-order chi connectivity index (χ1) is 11.2. The maximum absolute atomic E-state index is 13.3. The summed E-state index contributed by atoms with van der Waals surface area (Å²) in [5.74, 6) is 0.472. The summed E-state index contributed by atoms with van der Waals surface area (Å²) in [6.07, 6.45) is 6.41. The van der Waals surface area contributed by atoms with Gasteiger partial charge in [0, 0.05) is 12.6 Å². The van der Waals surface area contributed by atoms with Crippen LogP contribution in [0.3, 0.4) is 0 Å². The average molecular weight is 316 g/mol. The zero-order valence-corrected chi connectivity index (χ0v) is 13.0. The van der Waals surface area contributed by atoms with Crippen molar-refractivity contribution in [3.8, 4) is 0 Å². The number of aromatic amines is 1. The molecular weight excluding hydrogens is 295 g/mol. The summed E-state index contributed by atoms with van der Waals surface area (Å²) in [6.45, 7) is 0.745. The van der Waals surface area contributed by atoms with Crippen molar-refractivity contribution < 1.29 is 9.18 Å². The number of carbonyl (C=O) groups excluding carboxylic acids is 1. The lowest BCUT2D eigenvalue weighted by molar-refractivity contribution is 0.187. The Kier molecular flexibility index (Phi) is 3.67. The maximum atomic E-state index is 13.3. The third-order valence-electron chi connectivity index (χ3n) is 4.97. The van der Waals surface area contributed by atoms with Crippen molar-refractivity contribution in [3.05, 3.63) is 29.8 Å². The topological polar surface area (TPSA) is 61.0 Å². The Labute approximate surface area is 134 Å². The Morgan fingerprint density at radius 2 is 2.09 bits per heavy atom. The molecule has 2 heterocycles. The van der Waals surface area contributed by atoms with Crippen LogP contribution < -0.4 is 5.32 Å². The number of halogens is 1. The zero-order chi connectivity index (χ0) is 15.8. The Balaban J connectivity index is 1.54. The first kappa shape index (κ1) is 14.5. The number of hydrogen-bond acceptors (Lipinski definition) is 2. The number of rotatable bonds is 2. The van der Waals surface area contributed by atoms with Crippen molar-refractivity contribution in [2.24, 2.45) is 0 Å². The van der Waals surface area contributed by atoms with Crippen LogP contribution in [0.1, 0.15) is 50.4 Å². The Morgan fingerprint density at radius 3 is 2.91 bits per heavy atom. The number of hydrogen-bond donors (Lipinski definition) is 2. The van der Waals surface area contributed by atoms with Crippen molar-refractivity contribution in [3.63, 3.8) is 0 Å². The van der Waals surface area contributed by atoms with E-state index in [0.717, 1.165) is 43.6 Å². The van der Waals surface area contributed by atoms with Gasteiger partial charge in [0.05, 0.1) is 17.1 Å². The number of amides is 2. The quantitative estimate of drug-likeness (QED) is 0.891. The largest absolute Gasteiger partial charge is 0.340 e. The van der Waals surface area contributed by atoms with E-state index in [4.69, 9.17) is 0 Å². The Morgan fingerprint density at radius 1 is 1.26 bits per heavy atom. The number of nitrogens with zero attached hydrogens (tertiary/aromatic N) is 2. The number of likely N-dealkylation sites (tertiary alicyclic amines) is 1. The molecule has 1 unspecified atom stereocenters. The molecule has 1 aromatic carbocycles. The second kappa shape index (κ2) is 5.83. The number of aromatic nitrogens is 2. The maximum Gasteiger partial charge on any atom is 0.318 e. The van der Waals surface area contributed by atoms with Crippen LogP contribution in [0.15, 0.2) is 18.2 Å². The lowest BCUT2D eigenvalue weighted by Gasteiger charge is -2.25. The van der Waals surface area contributed by atoms with E-state index in [9.17, 15) is 9.18 Å². The van der Waals surface area contributed by atoms with Crippen LogP contribution in [-0.2, 0) is 0 Å². The molecule has 23 heavy (non-hydrogen) atoms. The second-order valence-electron chi connectivity index (χ2n) is 6.57. The molecule has 1 saturated heterocycles. The fourth-order valence-electron chi connectivity index (χ4n) is 3.78. The number of benzene rings is 1. The monoisotopic (exact) mass is 316 g/mol. The Hall–Kier alpha value is -2.11. The van der Waals surface area contributed by atoms with Crippen molar-refractivity contribution in [1.82, 2.24) is 20.2 Å². The fraction of sp³-hybridized carbons (Fsp3) is 0.529. The van der Waals surface area contributed by atoms with Crippen LogP contribution in [0, 0.1) is 5.82 Å². The molecule has 0 radical (unpaired) electrons. The van der Waals surface area contributed by atoms with Gasteiger partial charge in [-0.05, 0) is 43.9 Å².